The number of carbonyl (C=O) groups is 1. The van der Waals surface area contributed by atoms with Crippen LogP contribution in [0.1, 0.15) is 17.3 Å². The minimum absolute atomic E-state index is 0.576. The minimum Gasteiger partial charge on any atom is -0.480 e. The molecule has 20 heavy (non-hydrogen) atoms. The van der Waals surface area contributed by atoms with Crippen molar-refractivity contribution in [3.63, 3.8) is 0 Å². The third kappa shape index (κ3) is 2.19. The van der Waals surface area contributed by atoms with Gasteiger partial charge in [0.25, 0.3) is 0 Å². The molecule has 0 radical (unpaired) electrons. The number of aromatic nitrogens is 1. The van der Waals surface area contributed by atoms with E-state index in [0.717, 1.165) is 48.3 Å². The summed E-state index contributed by atoms with van der Waals surface area (Å²) in [6.07, 6.45) is 0. The molecular weight excluding hydrogens is 254 g/mol. The van der Waals surface area contributed by atoms with Gasteiger partial charge in [-0.1, -0.05) is 18.2 Å². The van der Waals surface area contributed by atoms with Crippen molar-refractivity contribution in [1.82, 2.24) is 15.2 Å². The Morgan fingerprint density at radius 1 is 1.30 bits per heavy atom. The van der Waals surface area contributed by atoms with Crippen LogP contribution in [0, 0.1) is 6.92 Å². The second kappa shape index (κ2) is 5.26. The van der Waals surface area contributed by atoms with E-state index >= 15 is 0 Å². The number of rotatable bonds is 3. The molecule has 3 rings (SSSR count). The number of nitrogens with one attached hydrogen (secondary N) is 2. The van der Waals surface area contributed by atoms with E-state index in [1.165, 1.54) is 0 Å². The molecule has 1 aliphatic heterocycles. The van der Waals surface area contributed by atoms with Gasteiger partial charge in [-0.25, -0.2) is 0 Å². The van der Waals surface area contributed by atoms with Crippen molar-refractivity contribution in [1.29, 1.82) is 0 Å². The molecule has 1 aromatic heterocycles. The van der Waals surface area contributed by atoms with Gasteiger partial charge in [-0.2, -0.15) is 0 Å². The van der Waals surface area contributed by atoms with Crippen LogP contribution >= 0.6 is 0 Å². The predicted molar refractivity (Wildman–Crippen MR) is 77.9 cm³/mol. The van der Waals surface area contributed by atoms with Crippen molar-refractivity contribution in [3.05, 3.63) is 35.5 Å². The molecule has 2 heterocycles. The average molecular weight is 273 g/mol. The Kier molecular flexibility index (Phi) is 3.46. The molecular formula is C15H19N3O2. The number of hydrogen-bond donors (Lipinski definition) is 3. The summed E-state index contributed by atoms with van der Waals surface area (Å²) in [6.45, 7) is 5.15. The summed E-state index contributed by atoms with van der Waals surface area (Å²) in [5.41, 5.74) is 2.84. The fourth-order valence-electron chi connectivity index (χ4n) is 3.05. The minimum atomic E-state index is -0.778. The van der Waals surface area contributed by atoms with Crippen LogP contribution in [0.2, 0.25) is 0 Å². The summed E-state index contributed by atoms with van der Waals surface area (Å²) < 4.78 is 0. The van der Waals surface area contributed by atoms with Crippen LogP contribution in [0.5, 0.6) is 0 Å². The van der Waals surface area contributed by atoms with Crippen molar-refractivity contribution < 1.29 is 9.90 Å². The molecule has 0 spiro atoms. The summed E-state index contributed by atoms with van der Waals surface area (Å²) in [6, 6.07) is 7.32. The van der Waals surface area contributed by atoms with Gasteiger partial charge >= 0.3 is 5.97 Å². The molecule has 5 heteroatoms. The van der Waals surface area contributed by atoms with Crippen LogP contribution in [0.3, 0.4) is 0 Å². The van der Waals surface area contributed by atoms with Gasteiger partial charge in [-0.05, 0) is 13.0 Å². The molecule has 1 fully saturated rings. The van der Waals surface area contributed by atoms with E-state index in [9.17, 15) is 9.90 Å². The maximum atomic E-state index is 11.8. The highest BCUT2D eigenvalue weighted by atomic mass is 16.4. The van der Waals surface area contributed by atoms with Crippen LogP contribution in [0.25, 0.3) is 10.9 Å². The number of aryl methyl sites for hydroxylation is 1. The van der Waals surface area contributed by atoms with Crippen molar-refractivity contribution in [2.45, 2.75) is 13.0 Å². The van der Waals surface area contributed by atoms with Crippen molar-refractivity contribution >= 4 is 16.9 Å². The zero-order valence-corrected chi connectivity index (χ0v) is 11.5. The Hall–Kier alpha value is -1.85. The third-order valence-corrected chi connectivity index (χ3v) is 3.97. The first-order chi connectivity index (χ1) is 9.68. The number of fused-ring (bicyclic) bond motifs is 1. The third-order valence-electron chi connectivity index (χ3n) is 3.97. The van der Waals surface area contributed by atoms with E-state index in [4.69, 9.17) is 0 Å². The van der Waals surface area contributed by atoms with Crippen molar-refractivity contribution in [3.8, 4) is 0 Å². The first-order valence-electron chi connectivity index (χ1n) is 6.93. The van der Waals surface area contributed by atoms with Gasteiger partial charge < -0.3 is 15.4 Å². The van der Waals surface area contributed by atoms with Gasteiger partial charge in [0, 0.05) is 48.3 Å². The lowest BCUT2D eigenvalue weighted by Gasteiger charge is -2.32. The maximum absolute atomic E-state index is 11.8. The summed E-state index contributed by atoms with van der Waals surface area (Å²) in [5, 5.41) is 14.0. The number of para-hydroxylation sites is 1. The highest BCUT2D eigenvalue weighted by Crippen LogP contribution is 2.31. The molecule has 0 aliphatic carbocycles. The normalized spacial score (nSPS) is 18.2. The van der Waals surface area contributed by atoms with E-state index in [2.05, 4.69) is 10.3 Å². The zero-order valence-electron chi connectivity index (χ0n) is 11.5. The Bertz CT molecular complexity index is 629. The van der Waals surface area contributed by atoms with Gasteiger partial charge in [0.2, 0.25) is 0 Å². The zero-order chi connectivity index (χ0) is 14.1. The van der Waals surface area contributed by atoms with E-state index in [0.29, 0.717) is 0 Å². The topological polar surface area (TPSA) is 68.4 Å². The SMILES string of the molecule is Cc1[nH]c2ccccc2c1C(C(=O)O)N1CCNCC1. The summed E-state index contributed by atoms with van der Waals surface area (Å²) in [4.78, 5) is 17.2. The Morgan fingerprint density at radius 2 is 2.00 bits per heavy atom. The van der Waals surface area contributed by atoms with Gasteiger partial charge in [-0.3, -0.25) is 9.69 Å². The molecule has 1 aliphatic rings. The summed E-state index contributed by atoms with van der Waals surface area (Å²) in [7, 11) is 0. The lowest BCUT2D eigenvalue weighted by atomic mass is 10.0. The largest absolute Gasteiger partial charge is 0.480 e. The molecule has 5 nitrogen and oxygen atoms in total. The fourth-order valence-corrected chi connectivity index (χ4v) is 3.05. The number of benzene rings is 1. The van der Waals surface area contributed by atoms with Gasteiger partial charge in [0.1, 0.15) is 6.04 Å². The molecule has 1 aromatic carbocycles. The highest BCUT2D eigenvalue weighted by Gasteiger charge is 2.31. The number of carboxylic acids is 1. The summed E-state index contributed by atoms with van der Waals surface area (Å²) in [5.74, 6) is -0.778. The molecule has 1 saturated heterocycles. The first-order valence-corrected chi connectivity index (χ1v) is 6.93. The molecule has 0 saturated carbocycles. The number of hydrogen-bond acceptors (Lipinski definition) is 3. The second-order valence-electron chi connectivity index (χ2n) is 5.24. The van der Waals surface area contributed by atoms with Crippen LogP contribution in [-0.4, -0.2) is 47.1 Å². The quantitative estimate of drug-likeness (QED) is 0.793. The van der Waals surface area contributed by atoms with Crippen LogP contribution in [0.4, 0.5) is 0 Å². The molecule has 106 valence electrons. The predicted octanol–water partition coefficient (Wildman–Crippen LogP) is 1.51. The number of aliphatic carboxylic acids is 1. The van der Waals surface area contributed by atoms with E-state index in [-0.39, 0.29) is 0 Å². The second-order valence-corrected chi connectivity index (χ2v) is 5.24. The standard InChI is InChI=1S/C15H19N3O2/c1-10-13(11-4-2-3-5-12(11)17-10)14(15(19)20)18-8-6-16-7-9-18/h2-5,14,16-17H,6-9H2,1H3,(H,19,20). The number of carboxylic acid groups (broad SMARTS) is 1. The summed E-state index contributed by atoms with van der Waals surface area (Å²) >= 11 is 0. The highest BCUT2D eigenvalue weighted by molar-refractivity contribution is 5.90. The van der Waals surface area contributed by atoms with Crippen LogP contribution < -0.4 is 5.32 Å². The average Bonchev–Trinajstić information content (AvgIpc) is 2.77. The maximum Gasteiger partial charge on any atom is 0.325 e. The van der Waals surface area contributed by atoms with Crippen LogP contribution in [-0.2, 0) is 4.79 Å². The molecule has 0 amide bonds. The van der Waals surface area contributed by atoms with E-state index in [1.54, 1.807) is 0 Å². The fraction of sp³-hybridized carbons (Fsp3) is 0.400. The first kappa shape index (κ1) is 13.1. The Labute approximate surface area is 117 Å². The molecule has 1 unspecified atom stereocenters. The van der Waals surface area contributed by atoms with Gasteiger partial charge in [0.15, 0.2) is 0 Å². The molecule has 2 aromatic rings. The monoisotopic (exact) mass is 273 g/mol. The van der Waals surface area contributed by atoms with Gasteiger partial charge in [-0.15, -0.1) is 0 Å². The molecule has 1 atom stereocenters. The number of aromatic amines is 1. The van der Waals surface area contributed by atoms with Gasteiger partial charge in [0.05, 0.1) is 0 Å². The van der Waals surface area contributed by atoms with Crippen LogP contribution in [0.15, 0.2) is 24.3 Å². The van der Waals surface area contributed by atoms with E-state index in [1.807, 2.05) is 36.1 Å². The Morgan fingerprint density at radius 3 is 2.70 bits per heavy atom. The number of nitrogens with zero attached hydrogens (tertiary/aromatic N) is 1. The Balaban J connectivity index is 2.09. The smallest absolute Gasteiger partial charge is 0.325 e. The molecule has 0 bridgehead atoms. The van der Waals surface area contributed by atoms with Crippen molar-refractivity contribution in [2.75, 3.05) is 26.2 Å². The van der Waals surface area contributed by atoms with E-state index < -0.39 is 12.0 Å². The molecule has 3 N–H and O–H groups in total. The number of H-pyrrole nitrogens is 1. The lowest BCUT2D eigenvalue weighted by Crippen LogP contribution is -2.47. The number of piperazine rings is 1. The lowest BCUT2D eigenvalue weighted by molar-refractivity contribution is -0.143. The van der Waals surface area contributed by atoms with Crippen molar-refractivity contribution in [2.24, 2.45) is 0 Å².